The summed E-state index contributed by atoms with van der Waals surface area (Å²) in [5.41, 5.74) is 3.81. The van der Waals surface area contributed by atoms with Crippen LogP contribution >= 0.6 is 11.3 Å². The Hall–Kier alpha value is -4.29. The van der Waals surface area contributed by atoms with Gasteiger partial charge in [-0.2, -0.15) is 4.98 Å². The molecule has 1 N–H and O–H groups in total. The summed E-state index contributed by atoms with van der Waals surface area (Å²) in [6.07, 6.45) is 5.96. The highest BCUT2D eigenvalue weighted by Crippen LogP contribution is 2.46. The van der Waals surface area contributed by atoms with Crippen LogP contribution in [0, 0.1) is 25.1 Å². The van der Waals surface area contributed by atoms with Crippen molar-refractivity contribution in [3.63, 3.8) is 0 Å². The molecule has 172 valence electrons. The molecule has 2 aromatic carbocycles. The van der Waals surface area contributed by atoms with E-state index in [1.807, 2.05) is 24.3 Å². The van der Waals surface area contributed by atoms with Crippen LogP contribution in [-0.4, -0.2) is 30.9 Å². The first-order valence-corrected chi connectivity index (χ1v) is 11.8. The molecule has 35 heavy (non-hydrogen) atoms. The van der Waals surface area contributed by atoms with Crippen molar-refractivity contribution in [1.82, 2.24) is 25.0 Å². The third kappa shape index (κ3) is 3.50. The van der Waals surface area contributed by atoms with Crippen molar-refractivity contribution in [2.75, 3.05) is 0 Å². The smallest absolute Gasteiger partial charge is 0.274 e. The summed E-state index contributed by atoms with van der Waals surface area (Å²) in [5.74, 6) is 2.59. The quantitative estimate of drug-likeness (QED) is 0.366. The normalized spacial score (nSPS) is 17.3. The highest BCUT2D eigenvalue weighted by molar-refractivity contribution is 7.10. The maximum atomic E-state index is 14.0. The largest absolute Gasteiger partial charge is 0.356 e. The molecular formula is C26H18FN5O2S. The van der Waals surface area contributed by atoms with Gasteiger partial charge in [-0.25, -0.2) is 9.37 Å². The molecule has 0 radical (unpaired) electrons. The van der Waals surface area contributed by atoms with Gasteiger partial charge in [0.25, 0.3) is 5.91 Å². The molecule has 3 aromatic heterocycles. The number of aryl methyl sites for hydroxylation is 1. The van der Waals surface area contributed by atoms with E-state index in [1.165, 1.54) is 23.5 Å². The first-order valence-electron chi connectivity index (χ1n) is 10.9. The number of nitrogens with one attached hydrogen (secondary N) is 1. The van der Waals surface area contributed by atoms with Crippen LogP contribution in [0.25, 0.3) is 10.9 Å². The maximum absolute atomic E-state index is 14.0. The van der Waals surface area contributed by atoms with Crippen LogP contribution in [0.4, 0.5) is 4.39 Å². The van der Waals surface area contributed by atoms with Gasteiger partial charge in [0.1, 0.15) is 17.6 Å². The van der Waals surface area contributed by atoms with E-state index in [4.69, 9.17) is 10.9 Å². The minimum atomic E-state index is -0.576. The van der Waals surface area contributed by atoms with Crippen molar-refractivity contribution in [2.45, 2.75) is 25.4 Å². The highest BCUT2D eigenvalue weighted by Gasteiger charge is 2.44. The lowest BCUT2D eigenvalue weighted by Crippen LogP contribution is -2.43. The number of para-hydroxylation sites is 1. The van der Waals surface area contributed by atoms with Gasteiger partial charge in [0, 0.05) is 28.4 Å². The zero-order chi connectivity index (χ0) is 24.1. The van der Waals surface area contributed by atoms with Crippen LogP contribution in [-0.2, 0) is 6.42 Å². The van der Waals surface area contributed by atoms with Crippen molar-refractivity contribution in [3.05, 3.63) is 99.0 Å². The van der Waals surface area contributed by atoms with Gasteiger partial charge in [-0.1, -0.05) is 35.5 Å². The standard InChI is InChI=1S/C26H18FN5O2S/c1-3-22-29-20(13-35-22)26(33)32-21(25-28-14(2)31-34-25)12-18-17-6-4-5-7-19(17)30-23(18)24(32)15-8-10-16(27)11-9-15/h1,4-11,13,21,24,30H,12H2,2H3. The zero-order valence-corrected chi connectivity index (χ0v) is 19.3. The van der Waals surface area contributed by atoms with E-state index >= 15 is 0 Å². The number of benzene rings is 2. The van der Waals surface area contributed by atoms with Crippen molar-refractivity contribution in [3.8, 4) is 12.3 Å². The summed E-state index contributed by atoms with van der Waals surface area (Å²) in [7, 11) is 0. The number of halogens is 1. The van der Waals surface area contributed by atoms with Gasteiger partial charge in [-0.05, 0) is 42.2 Å². The van der Waals surface area contributed by atoms with Crippen molar-refractivity contribution < 1.29 is 13.7 Å². The number of H-pyrrole nitrogens is 1. The SMILES string of the molecule is C#Cc1nc(C(=O)N2C(c3nc(C)no3)Cc3c([nH]c4ccccc34)C2c2ccc(F)cc2)cs1. The number of hydrogen-bond donors (Lipinski definition) is 1. The Morgan fingerprint density at radius 2 is 2.03 bits per heavy atom. The summed E-state index contributed by atoms with van der Waals surface area (Å²) >= 11 is 1.23. The first kappa shape index (κ1) is 21.3. The molecule has 4 heterocycles. The molecular weight excluding hydrogens is 465 g/mol. The fraction of sp³-hybridized carbons (Fsp3) is 0.154. The molecule has 1 aliphatic heterocycles. The third-order valence-corrected chi connectivity index (χ3v) is 7.00. The van der Waals surface area contributed by atoms with Crippen molar-refractivity contribution >= 4 is 28.1 Å². The molecule has 2 unspecified atom stereocenters. The Morgan fingerprint density at radius 3 is 2.74 bits per heavy atom. The zero-order valence-electron chi connectivity index (χ0n) is 18.5. The monoisotopic (exact) mass is 483 g/mol. The van der Waals surface area contributed by atoms with Crippen molar-refractivity contribution in [1.29, 1.82) is 0 Å². The fourth-order valence-corrected chi connectivity index (χ4v) is 5.34. The number of carbonyl (C=O) groups excluding carboxylic acids is 1. The van der Waals surface area contributed by atoms with Crippen LogP contribution < -0.4 is 0 Å². The predicted molar refractivity (Wildman–Crippen MR) is 128 cm³/mol. The van der Waals surface area contributed by atoms with Gasteiger partial charge in [0.2, 0.25) is 5.89 Å². The van der Waals surface area contributed by atoms with E-state index in [9.17, 15) is 9.18 Å². The molecule has 1 amide bonds. The third-order valence-electron chi connectivity index (χ3n) is 6.23. The Morgan fingerprint density at radius 1 is 1.23 bits per heavy atom. The van der Waals surface area contributed by atoms with Crippen LogP contribution in [0.1, 0.15) is 56.1 Å². The van der Waals surface area contributed by atoms with Gasteiger partial charge in [-0.3, -0.25) is 4.79 Å². The molecule has 0 saturated carbocycles. The number of terminal acetylenes is 1. The lowest BCUT2D eigenvalue weighted by Gasteiger charge is -2.40. The molecule has 2 atom stereocenters. The Labute approximate surface area is 203 Å². The van der Waals surface area contributed by atoms with E-state index in [0.29, 0.717) is 23.1 Å². The first-order chi connectivity index (χ1) is 17.0. The number of rotatable bonds is 3. The lowest BCUT2D eigenvalue weighted by molar-refractivity contribution is 0.0520. The number of nitrogens with zero attached hydrogens (tertiary/aromatic N) is 4. The minimum absolute atomic E-state index is 0.232. The fourth-order valence-electron chi connectivity index (χ4n) is 4.74. The molecule has 0 spiro atoms. The number of fused-ring (bicyclic) bond motifs is 3. The number of hydrogen-bond acceptors (Lipinski definition) is 6. The molecule has 0 aliphatic carbocycles. The van der Waals surface area contributed by atoms with Crippen LogP contribution in [0.5, 0.6) is 0 Å². The summed E-state index contributed by atoms with van der Waals surface area (Å²) in [5, 5.41) is 7.08. The van der Waals surface area contributed by atoms with Crippen LogP contribution in [0.15, 0.2) is 58.4 Å². The van der Waals surface area contributed by atoms with Gasteiger partial charge < -0.3 is 14.4 Å². The minimum Gasteiger partial charge on any atom is -0.356 e. The van der Waals surface area contributed by atoms with E-state index in [0.717, 1.165) is 27.7 Å². The molecule has 0 saturated heterocycles. The van der Waals surface area contributed by atoms with Crippen LogP contribution in [0.3, 0.4) is 0 Å². The summed E-state index contributed by atoms with van der Waals surface area (Å²) in [6.45, 7) is 1.73. The summed E-state index contributed by atoms with van der Waals surface area (Å²) in [4.78, 5) is 28.0. The van der Waals surface area contributed by atoms with Crippen LogP contribution in [0.2, 0.25) is 0 Å². The van der Waals surface area contributed by atoms with Gasteiger partial charge in [0.15, 0.2) is 10.8 Å². The highest BCUT2D eigenvalue weighted by atomic mass is 32.1. The molecule has 5 aromatic rings. The second kappa shape index (κ2) is 8.18. The van der Waals surface area contributed by atoms with Gasteiger partial charge in [0.05, 0.1) is 6.04 Å². The Balaban J connectivity index is 1.61. The van der Waals surface area contributed by atoms with E-state index in [2.05, 4.69) is 26.0 Å². The number of thiazole rings is 1. The molecule has 6 rings (SSSR count). The van der Waals surface area contributed by atoms with Crippen molar-refractivity contribution in [2.24, 2.45) is 0 Å². The van der Waals surface area contributed by atoms with Gasteiger partial charge in [-0.15, -0.1) is 17.8 Å². The Kier molecular flexibility index (Phi) is 4.97. The Bertz CT molecular complexity index is 1610. The molecule has 7 nitrogen and oxygen atoms in total. The number of carbonyl (C=O) groups is 1. The average molecular weight is 484 g/mol. The topological polar surface area (TPSA) is 87.9 Å². The molecule has 9 heteroatoms. The predicted octanol–water partition coefficient (Wildman–Crippen LogP) is 4.97. The number of amides is 1. The van der Waals surface area contributed by atoms with E-state index in [1.54, 1.807) is 29.3 Å². The lowest BCUT2D eigenvalue weighted by atomic mass is 9.87. The maximum Gasteiger partial charge on any atom is 0.274 e. The van der Waals surface area contributed by atoms with Gasteiger partial charge >= 0.3 is 0 Å². The molecule has 0 fully saturated rings. The second-order valence-electron chi connectivity index (χ2n) is 8.31. The summed E-state index contributed by atoms with van der Waals surface area (Å²) in [6, 6.07) is 13.0. The summed E-state index contributed by atoms with van der Waals surface area (Å²) < 4.78 is 19.5. The average Bonchev–Trinajstić information content (AvgIpc) is 3.61. The van der Waals surface area contributed by atoms with E-state index < -0.39 is 12.1 Å². The number of aromatic amines is 1. The second-order valence-corrected chi connectivity index (χ2v) is 9.17. The number of aromatic nitrogens is 4. The molecule has 0 bridgehead atoms. The molecule has 1 aliphatic rings. The van der Waals surface area contributed by atoms with E-state index in [-0.39, 0.29) is 17.4 Å².